The van der Waals surface area contributed by atoms with Crippen LogP contribution in [0.2, 0.25) is 0 Å². The fraction of sp³-hybridized carbons (Fsp3) is 0.636. The Balaban J connectivity index is 2.00. The first-order valence-corrected chi connectivity index (χ1v) is 5.42. The predicted octanol–water partition coefficient (Wildman–Crippen LogP) is 0.540. The summed E-state index contributed by atoms with van der Waals surface area (Å²) in [6.45, 7) is 3.43. The van der Waals surface area contributed by atoms with E-state index in [0.29, 0.717) is 6.04 Å². The molecule has 1 atom stereocenters. The van der Waals surface area contributed by atoms with Gasteiger partial charge in [-0.1, -0.05) is 12.2 Å². The molecule has 0 amide bonds. The molecule has 3 nitrogen and oxygen atoms in total. The van der Waals surface area contributed by atoms with Crippen molar-refractivity contribution in [2.24, 2.45) is 0 Å². The number of allylic oxidation sites excluding steroid dienone is 2. The monoisotopic (exact) mass is 192 g/mol. The standard InChI is InChI=1S/C11H16N2O/c14-8-10-7-12-5-1-3-9-4-2-6-13(10)11(9)12/h2,4,10,14H,1,3,5-8H2/t10-/m0/s1. The van der Waals surface area contributed by atoms with Gasteiger partial charge in [-0.2, -0.15) is 0 Å². The summed E-state index contributed by atoms with van der Waals surface area (Å²) in [4.78, 5) is 4.79. The predicted molar refractivity (Wildman–Crippen MR) is 54.6 cm³/mol. The van der Waals surface area contributed by atoms with Crippen LogP contribution in [0.3, 0.4) is 0 Å². The minimum atomic E-state index is 0.279. The normalized spacial score (nSPS) is 29.9. The van der Waals surface area contributed by atoms with E-state index in [0.717, 1.165) is 13.1 Å². The summed E-state index contributed by atoms with van der Waals surface area (Å²) in [5.41, 5.74) is 1.47. The van der Waals surface area contributed by atoms with E-state index in [1.165, 1.54) is 30.8 Å². The lowest BCUT2D eigenvalue weighted by atomic mass is 10.0. The van der Waals surface area contributed by atoms with Crippen molar-refractivity contribution in [3.8, 4) is 0 Å². The van der Waals surface area contributed by atoms with Crippen LogP contribution in [0, 0.1) is 0 Å². The largest absolute Gasteiger partial charge is 0.394 e. The van der Waals surface area contributed by atoms with E-state index in [9.17, 15) is 5.11 Å². The van der Waals surface area contributed by atoms with E-state index < -0.39 is 0 Å². The minimum absolute atomic E-state index is 0.279. The molecule has 0 spiro atoms. The van der Waals surface area contributed by atoms with Gasteiger partial charge in [0.25, 0.3) is 0 Å². The first kappa shape index (κ1) is 8.36. The molecule has 3 aliphatic rings. The van der Waals surface area contributed by atoms with E-state index >= 15 is 0 Å². The Hall–Kier alpha value is -0.960. The van der Waals surface area contributed by atoms with Crippen LogP contribution < -0.4 is 0 Å². The van der Waals surface area contributed by atoms with Crippen molar-refractivity contribution in [2.75, 3.05) is 26.2 Å². The zero-order valence-electron chi connectivity index (χ0n) is 8.32. The average Bonchev–Trinajstić information content (AvgIpc) is 2.60. The molecule has 0 unspecified atom stereocenters. The van der Waals surface area contributed by atoms with Crippen LogP contribution in [-0.4, -0.2) is 47.2 Å². The molecule has 0 saturated carbocycles. The van der Waals surface area contributed by atoms with Crippen molar-refractivity contribution in [3.63, 3.8) is 0 Å². The van der Waals surface area contributed by atoms with Gasteiger partial charge < -0.3 is 14.9 Å². The maximum Gasteiger partial charge on any atom is 0.108 e. The van der Waals surface area contributed by atoms with E-state index in [4.69, 9.17) is 0 Å². The topological polar surface area (TPSA) is 26.7 Å². The SMILES string of the molecule is OC[C@@H]1CN2CCCC3=C2N1CC=C3. The van der Waals surface area contributed by atoms with Crippen molar-refractivity contribution in [3.05, 3.63) is 23.5 Å². The van der Waals surface area contributed by atoms with Crippen molar-refractivity contribution in [1.82, 2.24) is 9.80 Å². The van der Waals surface area contributed by atoms with Crippen LogP contribution in [-0.2, 0) is 0 Å². The smallest absolute Gasteiger partial charge is 0.108 e. The summed E-state index contributed by atoms with van der Waals surface area (Å²) in [6.07, 6.45) is 6.94. The Morgan fingerprint density at radius 2 is 2.43 bits per heavy atom. The highest BCUT2D eigenvalue weighted by molar-refractivity contribution is 5.33. The van der Waals surface area contributed by atoms with Gasteiger partial charge in [0.2, 0.25) is 0 Å². The fourth-order valence-electron chi connectivity index (χ4n) is 2.81. The number of hydrogen-bond donors (Lipinski definition) is 1. The van der Waals surface area contributed by atoms with Gasteiger partial charge in [0.05, 0.1) is 12.6 Å². The molecule has 0 aromatic rings. The second-order valence-electron chi connectivity index (χ2n) is 4.29. The van der Waals surface area contributed by atoms with E-state index in [-0.39, 0.29) is 6.61 Å². The molecule has 0 radical (unpaired) electrons. The number of hydrogen-bond acceptors (Lipinski definition) is 3. The highest BCUT2D eigenvalue weighted by atomic mass is 16.3. The molecule has 3 heteroatoms. The second kappa shape index (κ2) is 3.02. The molecule has 0 aromatic heterocycles. The third-order valence-electron chi connectivity index (χ3n) is 3.44. The maximum absolute atomic E-state index is 9.31. The van der Waals surface area contributed by atoms with Gasteiger partial charge in [0, 0.05) is 19.6 Å². The molecule has 1 saturated heterocycles. The minimum Gasteiger partial charge on any atom is -0.394 e. The summed E-state index contributed by atoms with van der Waals surface area (Å²) in [7, 11) is 0. The van der Waals surface area contributed by atoms with Crippen LogP contribution >= 0.6 is 0 Å². The van der Waals surface area contributed by atoms with Gasteiger partial charge in [-0.25, -0.2) is 0 Å². The molecular formula is C11H16N2O. The molecular weight excluding hydrogens is 176 g/mol. The molecule has 0 bridgehead atoms. The van der Waals surface area contributed by atoms with Gasteiger partial charge in [0.15, 0.2) is 0 Å². The Morgan fingerprint density at radius 1 is 1.50 bits per heavy atom. The summed E-state index contributed by atoms with van der Waals surface area (Å²) in [6, 6.07) is 0.322. The first-order valence-electron chi connectivity index (χ1n) is 5.42. The molecule has 3 heterocycles. The highest BCUT2D eigenvalue weighted by Gasteiger charge is 2.37. The Bertz CT molecular complexity index is 308. The lowest BCUT2D eigenvalue weighted by Crippen LogP contribution is -2.35. The third-order valence-corrected chi connectivity index (χ3v) is 3.44. The summed E-state index contributed by atoms with van der Waals surface area (Å²) < 4.78 is 0. The van der Waals surface area contributed by atoms with Crippen molar-refractivity contribution >= 4 is 0 Å². The van der Waals surface area contributed by atoms with E-state index in [1.807, 2.05) is 0 Å². The fourth-order valence-corrected chi connectivity index (χ4v) is 2.81. The third kappa shape index (κ3) is 1.02. The Morgan fingerprint density at radius 3 is 3.29 bits per heavy atom. The maximum atomic E-state index is 9.31. The number of aliphatic hydroxyl groups is 1. The summed E-state index contributed by atoms with van der Waals surface area (Å²) in [5.74, 6) is 1.40. The number of rotatable bonds is 1. The van der Waals surface area contributed by atoms with Gasteiger partial charge in [-0.05, 0) is 18.4 Å². The molecule has 76 valence electrons. The van der Waals surface area contributed by atoms with Gasteiger partial charge in [-0.15, -0.1) is 0 Å². The Kier molecular flexibility index (Phi) is 1.80. The van der Waals surface area contributed by atoms with E-state index in [1.54, 1.807) is 0 Å². The number of aliphatic hydroxyl groups excluding tert-OH is 1. The molecule has 0 aromatic carbocycles. The first-order chi connectivity index (χ1) is 6.90. The quantitative estimate of drug-likeness (QED) is 0.657. The van der Waals surface area contributed by atoms with Crippen molar-refractivity contribution in [2.45, 2.75) is 18.9 Å². The highest BCUT2D eigenvalue weighted by Crippen LogP contribution is 2.34. The van der Waals surface area contributed by atoms with Gasteiger partial charge in [-0.3, -0.25) is 0 Å². The molecule has 0 aliphatic carbocycles. The molecule has 1 fully saturated rings. The van der Waals surface area contributed by atoms with Crippen molar-refractivity contribution < 1.29 is 5.11 Å². The van der Waals surface area contributed by atoms with Crippen LogP contribution in [0.5, 0.6) is 0 Å². The molecule has 3 aliphatic heterocycles. The van der Waals surface area contributed by atoms with E-state index in [2.05, 4.69) is 22.0 Å². The second-order valence-corrected chi connectivity index (χ2v) is 4.29. The zero-order chi connectivity index (χ0) is 9.54. The van der Waals surface area contributed by atoms with Crippen LogP contribution in [0.4, 0.5) is 0 Å². The zero-order valence-corrected chi connectivity index (χ0v) is 8.32. The molecule has 3 rings (SSSR count). The average molecular weight is 192 g/mol. The van der Waals surface area contributed by atoms with Gasteiger partial charge >= 0.3 is 0 Å². The number of nitrogens with zero attached hydrogens (tertiary/aromatic N) is 2. The lowest BCUT2D eigenvalue weighted by Gasteiger charge is -2.33. The lowest BCUT2D eigenvalue weighted by molar-refractivity contribution is 0.190. The van der Waals surface area contributed by atoms with Crippen molar-refractivity contribution in [1.29, 1.82) is 0 Å². The summed E-state index contributed by atoms with van der Waals surface area (Å²) >= 11 is 0. The summed E-state index contributed by atoms with van der Waals surface area (Å²) in [5, 5.41) is 9.31. The molecule has 1 N–H and O–H groups in total. The Labute approximate surface area is 84.3 Å². The van der Waals surface area contributed by atoms with Gasteiger partial charge in [0.1, 0.15) is 5.82 Å². The van der Waals surface area contributed by atoms with Crippen LogP contribution in [0.1, 0.15) is 12.8 Å². The van der Waals surface area contributed by atoms with Crippen LogP contribution in [0.15, 0.2) is 23.5 Å². The molecule has 14 heavy (non-hydrogen) atoms. The van der Waals surface area contributed by atoms with Crippen LogP contribution in [0.25, 0.3) is 0 Å².